The molecule has 1 amide bonds. The smallest absolute Gasteiger partial charge is 0.258 e. The van der Waals surface area contributed by atoms with Crippen molar-refractivity contribution in [3.8, 4) is 17.2 Å². The maximum absolute atomic E-state index is 12.7. The van der Waals surface area contributed by atoms with Crippen molar-refractivity contribution in [1.82, 2.24) is 0 Å². The van der Waals surface area contributed by atoms with Crippen LogP contribution in [0.2, 0.25) is 0 Å². The number of carbonyl (C=O) groups excluding carboxylic acids is 1. The van der Waals surface area contributed by atoms with E-state index in [4.69, 9.17) is 14.2 Å². The number of benzene rings is 2. The zero-order valence-corrected chi connectivity index (χ0v) is 14.0. The van der Waals surface area contributed by atoms with Crippen LogP contribution in [0.3, 0.4) is 0 Å². The minimum Gasteiger partial charge on any atom is -0.493 e. The molecule has 0 saturated carbocycles. The summed E-state index contributed by atoms with van der Waals surface area (Å²) in [6, 6.07) is 11.0. The number of anilines is 1. The lowest BCUT2D eigenvalue weighted by Gasteiger charge is -2.19. The van der Waals surface area contributed by atoms with Crippen molar-refractivity contribution in [2.45, 2.75) is 6.92 Å². The van der Waals surface area contributed by atoms with Gasteiger partial charge >= 0.3 is 0 Å². The lowest BCUT2D eigenvalue weighted by Crippen LogP contribution is -2.26. The molecular formula is C18H21NO4. The summed E-state index contributed by atoms with van der Waals surface area (Å²) >= 11 is 0. The molecule has 2 aromatic rings. The van der Waals surface area contributed by atoms with Gasteiger partial charge in [-0.05, 0) is 31.2 Å². The molecule has 0 fully saturated rings. The van der Waals surface area contributed by atoms with Crippen LogP contribution >= 0.6 is 0 Å². The third kappa shape index (κ3) is 3.39. The Labute approximate surface area is 136 Å². The van der Waals surface area contributed by atoms with Crippen LogP contribution in [-0.2, 0) is 0 Å². The number of amides is 1. The van der Waals surface area contributed by atoms with Crippen LogP contribution in [0, 0.1) is 6.92 Å². The number of ether oxygens (including phenoxy) is 3. The molecule has 0 radical (unpaired) electrons. The van der Waals surface area contributed by atoms with E-state index in [0.29, 0.717) is 22.8 Å². The van der Waals surface area contributed by atoms with E-state index < -0.39 is 0 Å². The van der Waals surface area contributed by atoms with Crippen LogP contribution in [0.15, 0.2) is 36.4 Å². The summed E-state index contributed by atoms with van der Waals surface area (Å²) in [6.45, 7) is 2.00. The van der Waals surface area contributed by atoms with Crippen molar-refractivity contribution in [1.29, 1.82) is 0 Å². The molecular weight excluding hydrogens is 294 g/mol. The monoisotopic (exact) mass is 315 g/mol. The highest BCUT2D eigenvalue weighted by molar-refractivity contribution is 6.06. The maximum atomic E-state index is 12.7. The summed E-state index contributed by atoms with van der Waals surface area (Å²) in [6.07, 6.45) is 0. The Morgan fingerprint density at radius 2 is 1.43 bits per heavy atom. The van der Waals surface area contributed by atoms with Gasteiger partial charge in [-0.2, -0.15) is 0 Å². The fourth-order valence-electron chi connectivity index (χ4n) is 2.28. The zero-order chi connectivity index (χ0) is 17.0. The van der Waals surface area contributed by atoms with Gasteiger partial charge in [0.2, 0.25) is 5.75 Å². The Balaban J connectivity index is 2.40. The lowest BCUT2D eigenvalue weighted by atomic mass is 10.1. The van der Waals surface area contributed by atoms with E-state index in [0.717, 1.165) is 11.3 Å². The van der Waals surface area contributed by atoms with Gasteiger partial charge in [-0.25, -0.2) is 0 Å². The SMILES string of the molecule is COc1cc(C(=O)N(C)c2ccc(C)cc2)cc(OC)c1OC. The van der Waals surface area contributed by atoms with Crippen LogP contribution in [0.25, 0.3) is 0 Å². The quantitative estimate of drug-likeness (QED) is 0.849. The Kier molecular flexibility index (Phi) is 5.11. The number of aryl methyl sites for hydroxylation is 1. The van der Waals surface area contributed by atoms with Gasteiger partial charge in [0.05, 0.1) is 21.3 Å². The van der Waals surface area contributed by atoms with Crippen molar-refractivity contribution in [2.24, 2.45) is 0 Å². The number of rotatable bonds is 5. The second-order valence-corrected chi connectivity index (χ2v) is 5.11. The van der Waals surface area contributed by atoms with Crippen LogP contribution in [0.4, 0.5) is 5.69 Å². The predicted molar refractivity (Wildman–Crippen MR) is 90.0 cm³/mol. The normalized spacial score (nSPS) is 10.1. The van der Waals surface area contributed by atoms with Crippen LogP contribution in [0.5, 0.6) is 17.2 Å². The number of hydrogen-bond donors (Lipinski definition) is 0. The van der Waals surface area contributed by atoms with E-state index in [9.17, 15) is 4.79 Å². The van der Waals surface area contributed by atoms with Crippen molar-refractivity contribution in [3.05, 3.63) is 47.5 Å². The Morgan fingerprint density at radius 1 is 0.913 bits per heavy atom. The third-order valence-corrected chi connectivity index (χ3v) is 3.64. The van der Waals surface area contributed by atoms with Gasteiger partial charge in [0, 0.05) is 18.3 Å². The summed E-state index contributed by atoms with van der Waals surface area (Å²) in [5, 5.41) is 0. The molecule has 0 aliphatic carbocycles. The van der Waals surface area contributed by atoms with Crippen LogP contribution < -0.4 is 19.1 Å². The number of methoxy groups -OCH3 is 3. The molecule has 0 unspecified atom stereocenters. The first kappa shape index (κ1) is 16.7. The van der Waals surface area contributed by atoms with Crippen molar-refractivity contribution in [3.63, 3.8) is 0 Å². The summed E-state index contributed by atoms with van der Waals surface area (Å²) in [7, 11) is 6.31. The fraction of sp³-hybridized carbons (Fsp3) is 0.278. The minimum atomic E-state index is -0.159. The summed E-state index contributed by atoms with van der Waals surface area (Å²) in [4.78, 5) is 14.3. The topological polar surface area (TPSA) is 48.0 Å². The van der Waals surface area contributed by atoms with Gasteiger partial charge < -0.3 is 19.1 Å². The molecule has 0 aliphatic heterocycles. The van der Waals surface area contributed by atoms with E-state index in [1.807, 2.05) is 31.2 Å². The van der Waals surface area contributed by atoms with E-state index in [-0.39, 0.29) is 5.91 Å². The first-order chi connectivity index (χ1) is 11.0. The van der Waals surface area contributed by atoms with Crippen LogP contribution in [-0.4, -0.2) is 34.3 Å². The molecule has 0 aliphatic rings. The molecule has 0 N–H and O–H groups in total. The highest BCUT2D eigenvalue weighted by Crippen LogP contribution is 2.38. The first-order valence-electron chi connectivity index (χ1n) is 7.16. The van der Waals surface area contributed by atoms with Crippen molar-refractivity contribution in [2.75, 3.05) is 33.3 Å². The molecule has 0 heterocycles. The standard InChI is InChI=1S/C18H21NO4/c1-12-6-8-14(9-7-12)19(2)18(20)13-10-15(21-3)17(23-5)16(11-13)22-4/h6-11H,1-5H3. The largest absolute Gasteiger partial charge is 0.493 e. The molecule has 5 nitrogen and oxygen atoms in total. The maximum Gasteiger partial charge on any atom is 0.258 e. The fourth-order valence-corrected chi connectivity index (χ4v) is 2.28. The molecule has 0 atom stereocenters. The molecule has 0 bridgehead atoms. The molecule has 23 heavy (non-hydrogen) atoms. The zero-order valence-electron chi connectivity index (χ0n) is 14.0. The number of hydrogen-bond acceptors (Lipinski definition) is 4. The Hall–Kier alpha value is -2.69. The lowest BCUT2D eigenvalue weighted by molar-refractivity contribution is 0.0992. The molecule has 0 saturated heterocycles. The summed E-state index contributed by atoms with van der Waals surface area (Å²) in [5.74, 6) is 1.21. The van der Waals surface area contributed by atoms with Gasteiger partial charge in [0.15, 0.2) is 11.5 Å². The van der Waals surface area contributed by atoms with Gasteiger partial charge in [-0.1, -0.05) is 17.7 Å². The second-order valence-electron chi connectivity index (χ2n) is 5.11. The second kappa shape index (κ2) is 7.05. The number of carbonyl (C=O) groups is 1. The van der Waals surface area contributed by atoms with Crippen molar-refractivity contribution >= 4 is 11.6 Å². The number of nitrogens with zero attached hydrogens (tertiary/aromatic N) is 1. The van der Waals surface area contributed by atoms with Crippen LogP contribution in [0.1, 0.15) is 15.9 Å². The molecule has 5 heteroatoms. The van der Waals surface area contributed by atoms with Crippen molar-refractivity contribution < 1.29 is 19.0 Å². The summed E-state index contributed by atoms with van der Waals surface area (Å²) in [5.41, 5.74) is 2.42. The Morgan fingerprint density at radius 3 is 1.87 bits per heavy atom. The molecule has 122 valence electrons. The summed E-state index contributed by atoms with van der Waals surface area (Å²) < 4.78 is 15.9. The van der Waals surface area contributed by atoms with E-state index in [2.05, 4.69) is 0 Å². The Bertz CT molecular complexity index is 670. The molecule has 2 aromatic carbocycles. The predicted octanol–water partition coefficient (Wildman–Crippen LogP) is 3.30. The molecule has 0 aromatic heterocycles. The minimum absolute atomic E-state index is 0.159. The molecule has 2 rings (SSSR count). The van der Waals surface area contributed by atoms with E-state index in [1.54, 1.807) is 24.1 Å². The highest BCUT2D eigenvalue weighted by atomic mass is 16.5. The highest BCUT2D eigenvalue weighted by Gasteiger charge is 2.20. The van der Waals surface area contributed by atoms with E-state index >= 15 is 0 Å². The van der Waals surface area contributed by atoms with Gasteiger partial charge in [0.25, 0.3) is 5.91 Å². The van der Waals surface area contributed by atoms with Gasteiger partial charge in [-0.3, -0.25) is 4.79 Å². The molecule has 0 spiro atoms. The first-order valence-corrected chi connectivity index (χ1v) is 7.16. The van der Waals surface area contributed by atoms with Gasteiger partial charge in [0.1, 0.15) is 0 Å². The third-order valence-electron chi connectivity index (χ3n) is 3.64. The average Bonchev–Trinajstić information content (AvgIpc) is 2.59. The average molecular weight is 315 g/mol. The van der Waals surface area contributed by atoms with E-state index in [1.165, 1.54) is 21.3 Å². The van der Waals surface area contributed by atoms with Gasteiger partial charge in [-0.15, -0.1) is 0 Å².